The lowest BCUT2D eigenvalue weighted by atomic mass is 10.2. The first-order chi connectivity index (χ1) is 11.8. The fraction of sp³-hybridized carbons (Fsp3) is 0.278. The van der Waals surface area contributed by atoms with Gasteiger partial charge in [0, 0.05) is 26.4 Å². The number of carbonyl (C=O) groups is 1. The lowest BCUT2D eigenvalue weighted by Gasteiger charge is -2.23. The van der Waals surface area contributed by atoms with Gasteiger partial charge >= 0.3 is 6.03 Å². The Morgan fingerprint density at radius 2 is 1.68 bits per heavy atom. The van der Waals surface area contributed by atoms with Crippen molar-refractivity contribution < 1.29 is 13.2 Å². The molecule has 2 rings (SSSR count). The number of benzene rings is 2. The SMILES string of the molecule is CN(Cc1ccccc1)c1ccccc1NC(=O)NCCS(C)(=O)=O. The van der Waals surface area contributed by atoms with Crippen LogP contribution in [0, 0.1) is 0 Å². The Balaban J connectivity index is 2.01. The summed E-state index contributed by atoms with van der Waals surface area (Å²) in [7, 11) is -1.15. The molecule has 2 N–H and O–H groups in total. The molecule has 0 saturated heterocycles. The van der Waals surface area contributed by atoms with Gasteiger partial charge in [0.1, 0.15) is 9.84 Å². The van der Waals surface area contributed by atoms with E-state index in [9.17, 15) is 13.2 Å². The van der Waals surface area contributed by atoms with Gasteiger partial charge in [0.15, 0.2) is 0 Å². The molecule has 2 amide bonds. The van der Waals surface area contributed by atoms with E-state index in [1.807, 2.05) is 66.5 Å². The van der Waals surface area contributed by atoms with E-state index in [4.69, 9.17) is 0 Å². The summed E-state index contributed by atoms with van der Waals surface area (Å²) in [6.45, 7) is 0.780. The molecule has 0 aliphatic rings. The second-order valence-electron chi connectivity index (χ2n) is 5.87. The van der Waals surface area contributed by atoms with E-state index < -0.39 is 15.9 Å². The van der Waals surface area contributed by atoms with Crippen LogP contribution in [0.3, 0.4) is 0 Å². The summed E-state index contributed by atoms with van der Waals surface area (Å²) >= 11 is 0. The third-order valence-corrected chi connectivity index (χ3v) is 4.53. The summed E-state index contributed by atoms with van der Waals surface area (Å²) in [5.74, 6) is -0.0873. The molecule has 0 atom stereocenters. The Hall–Kier alpha value is -2.54. The summed E-state index contributed by atoms with van der Waals surface area (Å²) in [6.07, 6.45) is 1.14. The highest BCUT2D eigenvalue weighted by Crippen LogP contribution is 2.25. The number of sulfone groups is 1. The van der Waals surface area contributed by atoms with Crippen molar-refractivity contribution in [3.8, 4) is 0 Å². The Morgan fingerprint density at radius 3 is 2.36 bits per heavy atom. The zero-order valence-corrected chi connectivity index (χ0v) is 15.2. The predicted octanol–water partition coefficient (Wildman–Crippen LogP) is 2.49. The van der Waals surface area contributed by atoms with Crippen LogP contribution in [0.5, 0.6) is 0 Å². The van der Waals surface area contributed by atoms with Crippen molar-refractivity contribution in [2.75, 3.05) is 35.8 Å². The molecule has 7 heteroatoms. The molecule has 0 aromatic heterocycles. The average molecular weight is 361 g/mol. The molecule has 6 nitrogen and oxygen atoms in total. The Kier molecular flexibility index (Phi) is 6.41. The van der Waals surface area contributed by atoms with E-state index in [0.717, 1.165) is 17.5 Å². The van der Waals surface area contributed by atoms with Gasteiger partial charge in [0.25, 0.3) is 0 Å². The van der Waals surface area contributed by atoms with Gasteiger partial charge in [-0.25, -0.2) is 13.2 Å². The highest BCUT2D eigenvalue weighted by Gasteiger charge is 2.11. The maximum absolute atomic E-state index is 12.0. The van der Waals surface area contributed by atoms with Gasteiger partial charge in [-0.05, 0) is 17.7 Å². The van der Waals surface area contributed by atoms with E-state index in [0.29, 0.717) is 12.2 Å². The zero-order chi connectivity index (χ0) is 18.3. The van der Waals surface area contributed by atoms with Crippen LogP contribution in [0.25, 0.3) is 0 Å². The molecule has 0 spiro atoms. The van der Waals surface area contributed by atoms with Gasteiger partial charge in [-0.1, -0.05) is 42.5 Å². The van der Waals surface area contributed by atoms with Crippen LogP contribution in [0.15, 0.2) is 54.6 Å². The summed E-state index contributed by atoms with van der Waals surface area (Å²) < 4.78 is 22.2. The second-order valence-corrected chi connectivity index (χ2v) is 8.13. The first-order valence-electron chi connectivity index (χ1n) is 7.92. The smallest absolute Gasteiger partial charge is 0.319 e. The highest BCUT2D eigenvalue weighted by molar-refractivity contribution is 7.90. The van der Waals surface area contributed by atoms with Crippen LogP contribution in [-0.2, 0) is 16.4 Å². The van der Waals surface area contributed by atoms with Gasteiger partial charge in [0.05, 0.1) is 17.1 Å². The molecule has 0 unspecified atom stereocenters. The third kappa shape index (κ3) is 6.46. The molecule has 2 aromatic carbocycles. The maximum atomic E-state index is 12.0. The van der Waals surface area contributed by atoms with E-state index in [1.54, 1.807) is 0 Å². The van der Waals surface area contributed by atoms with E-state index in [1.165, 1.54) is 0 Å². The molecule has 0 aliphatic heterocycles. The number of carbonyl (C=O) groups excluding carboxylic acids is 1. The van der Waals surface area contributed by atoms with E-state index in [-0.39, 0.29) is 12.3 Å². The zero-order valence-electron chi connectivity index (χ0n) is 14.4. The first kappa shape index (κ1) is 18.8. The van der Waals surface area contributed by atoms with Crippen molar-refractivity contribution in [1.82, 2.24) is 5.32 Å². The molecular weight excluding hydrogens is 338 g/mol. The average Bonchev–Trinajstić information content (AvgIpc) is 2.55. The van der Waals surface area contributed by atoms with E-state index >= 15 is 0 Å². The summed E-state index contributed by atoms with van der Waals surface area (Å²) in [5.41, 5.74) is 2.71. The van der Waals surface area contributed by atoms with Crippen molar-refractivity contribution in [1.29, 1.82) is 0 Å². The summed E-state index contributed by atoms with van der Waals surface area (Å²) in [6, 6.07) is 17.1. The molecule has 0 saturated carbocycles. The van der Waals surface area contributed by atoms with Crippen LogP contribution in [0.2, 0.25) is 0 Å². The van der Waals surface area contributed by atoms with Crippen molar-refractivity contribution in [2.45, 2.75) is 6.54 Å². The standard InChI is InChI=1S/C18H23N3O3S/c1-21(14-15-8-4-3-5-9-15)17-11-7-6-10-16(17)20-18(22)19-12-13-25(2,23)24/h3-11H,12-14H2,1-2H3,(H2,19,20,22). The van der Waals surface area contributed by atoms with Gasteiger partial charge in [0.2, 0.25) is 0 Å². The minimum absolute atomic E-state index is 0.0761. The Morgan fingerprint density at radius 1 is 1.04 bits per heavy atom. The number of nitrogens with one attached hydrogen (secondary N) is 2. The van der Waals surface area contributed by atoms with Crippen molar-refractivity contribution in [2.24, 2.45) is 0 Å². The van der Waals surface area contributed by atoms with Crippen molar-refractivity contribution in [3.63, 3.8) is 0 Å². The fourth-order valence-corrected chi connectivity index (χ4v) is 2.84. The first-order valence-corrected chi connectivity index (χ1v) is 9.98. The highest BCUT2D eigenvalue weighted by atomic mass is 32.2. The molecule has 0 aliphatic carbocycles. The summed E-state index contributed by atoms with van der Waals surface area (Å²) in [4.78, 5) is 14.0. The quantitative estimate of drug-likeness (QED) is 0.794. The van der Waals surface area contributed by atoms with Crippen LogP contribution in [-0.4, -0.2) is 40.0 Å². The second kappa shape index (κ2) is 8.53. The predicted molar refractivity (Wildman–Crippen MR) is 102 cm³/mol. The third-order valence-electron chi connectivity index (χ3n) is 3.58. The number of hydrogen-bond acceptors (Lipinski definition) is 4. The maximum Gasteiger partial charge on any atom is 0.319 e. The number of amides is 2. The van der Waals surface area contributed by atoms with Gasteiger partial charge in [-0.3, -0.25) is 0 Å². The van der Waals surface area contributed by atoms with Gasteiger partial charge in [-0.2, -0.15) is 0 Å². The molecular formula is C18H23N3O3S. The molecule has 0 heterocycles. The number of nitrogens with zero attached hydrogens (tertiary/aromatic N) is 1. The number of rotatable bonds is 7. The molecule has 0 bridgehead atoms. The minimum Gasteiger partial charge on any atom is -0.369 e. The van der Waals surface area contributed by atoms with Crippen molar-refractivity contribution in [3.05, 3.63) is 60.2 Å². The van der Waals surface area contributed by atoms with Gasteiger partial charge in [-0.15, -0.1) is 0 Å². The number of urea groups is 1. The van der Waals surface area contributed by atoms with Crippen LogP contribution < -0.4 is 15.5 Å². The fourth-order valence-electron chi connectivity index (χ4n) is 2.37. The molecule has 0 radical (unpaired) electrons. The number of hydrogen-bond donors (Lipinski definition) is 2. The Labute approximate surface area is 148 Å². The molecule has 2 aromatic rings. The lowest BCUT2D eigenvalue weighted by Crippen LogP contribution is -2.33. The minimum atomic E-state index is -3.10. The molecule has 0 fully saturated rings. The monoisotopic (exact) mass is 361 g/mol. The largest absolute Gasteiger partial charge is 0.369 e. The topological polar surface area (TPSA) is 78.5 Å². The van der Waals surface area contributed by atoms with Crippen molar-refractivity contribution >= 4 is 27.2 Å². The van der Waals surface area contributed by atoms with Crippen LogP contribution in [0.4, 0.5) is 16.2 Å². The lowest BCUT2D eigenvalue weighted by molar-refractivity contribution is 0.252. The van der Waals surface area contributed by atoms with E-state index in [2.05, 4.69) is 10.6 Å². The number of anilines is 2. The summed E-state index contributed by atoms with van der Waals surface area (Å²) in [5, 5.41) is 5.33. The molecule has 25 heavy (non-hydrogen) atoms. The normalized spacial score (nSPS) is 11.0. The molecule has 134 valence electrons. The van der Waals surface area contributed by atoms with Gasteiger partial charge < -0.3 is 15.5 Å². The Bertz CT molecular complexity index is 807. The van der Waals surface area contributed by atoms with Crippen LogP contribution >= 0.6 is 0 Å². The number of para-hydroxylation sites is 2. The van der Waals surface area contributed by atoms with Crippen LogP contribution in [0.1, 0.15) is 5.56 Å².